The van der Waals surface area contributed by atoms with Crippen LogP contribution >= 0.6 is 22.7 Å². The molecule has 0 unspecified atom stereocenters. The SMILES string of the molecule is CC1(C)c2cc(-c3c4ccccc4c(-c4ccc5sc6ccccc6c5c4)c4ccccc34)ccc2-c2c1ccc1c2ccc2c3ccccc3sc12. The molecule has 0 bridgehead atoms. The van der Waals surface area contributed by atoms with Gasteiger partial charge in [0.15, 0.2) is 0 Å². The first kappa shape index (κ1) is 29.7. The van der Waals surface area contributed by atoms with Crippen LogP contribution in [0.3, 0.4) is 0 Å². The van der Waals surface area contributed by atoms with E-state index in [-0.39, 0.29) is 5.41 Å². The molecular formula is C51H32S2. The Balaban J connectivity index is 1.09. The van der Waals surface area contributed by atoms with Crippen LogP contribution in [0.25, 0.3) is 106 Å². The van der Waals surface area contributed by atoms with Crippen LogP contribution < -0.4 is 0 Å². The number of hydrogen-bond acceptors (Lipinski definition) is 2. The Bertz CT molecular complexity index is 3310. The van der Waals surface area contributed by atoms with Gasteiger partial charge in [-0.25, -0.2) is 0 Å². The lowest BCUT2D eigenvalue weighted by Crippen LogP contribution is -2.15. The zero-order valence-electron chi connectivity index (χ0n) is 29.3. The molecule has 2 heterocycles. The quantitative estimate of drug-likeness (QED) is 0.157. The van der Waals surface area contributed by atoms with Gasteiger partial charge in [-0.2, -0.15) is 0 Å². The predicted molar refractivity (Wildman–Crippen MR) is 233 cm³/mol. The monoisotopic (exact) mass is 708 g/mol. The Kier molecular flexibility index (Phi) is 5.97. The van der Waals surface area contributed by atoms with Crippen LogP contribution in [-0.2, 0) is 5.41 Å². The topological polar surface area (TPSA) is 0 Å². The van der Waals surface area contributed by atoms with Crippen LogP contribution in [0, 0.1) is 0 Å². The van der Waals surface area contributed by atoms with Gasteiger partial charge in [0.1, 0.15) is 0 Å². The van der Waals surface area contributed by atoms with E-state index in [9.17, 15) is 0 Å². The lowest BCUT2D eigenvalue weighted by molar-refractivity contribution is 0.661. The molecule has 0 fully saturated rings. The highest BCUT2D eigenvalue weighted by atomic mass is 32.1. The van der Waals surface area contributed by atoms with Gasteiger partial charge in [-0.3, -0.25) is 0 Å². The summed E-state index contributed by atoms with van der Waals surface area (Å²) in [4.78, 5) is 0. The minimum absolute atomic E-state index is 0.131. The summed E-state index contributed by atoms with van der Waals surface area (Å²) in [6, 6.07) is 59.7. The van der Waals surface area contributed by atoms with Crippen molar-refractivity contribution >= 4 is 95.3 Å². The van der Waals surface area contributed by atoms with Crippen molar-refractivity contribution in [2.24, 2.45) is 0 Å². The Morgan fingerprint density at radius 2 is 0.811 bits per heavy atom. The molecule has 0 amide bonds. The summed E-state index contributed by atoms with van der Waals surface area (Å²) in [5.74, 6) is 0. The van der Waals surface area contributed by atoms with Crippen molar-refractivity contribution in [2.45, 2.75) is 19.3 Å². The van der Waals surface area contributed by atoms with Gasteiger partial charge in [-0.1, -0.05) is 141 Å². The molecule has 1 aliphatic rings. The van der Waals surface area contributed by atoms with E-state index in [0.29, 0.717) is 0 Å². The molecule has 248 valence electrons. The van der Waals surface area contributed by atoms with E-state index in [4.69, 9.17) is 0 Å². The van der Waals surface area contributed by atoms with Gasteiger partial charge >= 0.3 is 0 Å². The minimum atomic E-state index is -0.131. The maximum atomic E-state index is 2.51. The van der Waals surface area contributed by atoms with Crippen LogP contribution in [0.1, 0.15) is 25.0 Å². The summed E-state index contributed by atoms with van der Waals surface area (Å²) < 4.78 is 5.42. The molecule has 11 aromatic rings. The average molecular weight is 709 g/mol. The third kappa shape index (κ3) is 4.00. The smallest absolute Gasteiger partial charge is 0.0434 e. The fraction of sp³-hybridized carbons (Fsp3) is 0.0588. The van der Waals surface area contributed by atoms with Crippen molar-refractivity contribution in [3.63, 3.8) is 0 Å². The van der Waals surface area contributed by atoms with Crippen molar-refractivity contribution in [1.82, 2.24) is 0 Å². The molecule has 0 aliphatic heterocycles. The first-order chi connectivity index (χ1) is 26.0. The third-order valence-corrected chi connectivity index (χ3v) is 14.4. The van der Waals surface area contributed by atoms with Crippen LogP contribution in [0.5, 0.6) is 0 Å². The van der Waals surface area contributed by atoms with Crippen LogP contribution in [0.4, 0.5) is 0 Å². The van der Waals surface area contributed by atoms with Gasteiger partial charge < -0.3 is 0 Å². The number of rotatable bonds is 2. The molecule has 2 aromatic heterocycles. The standard InChI is InChI=1S/C51H32S2/c1-51(2)42-25-24-39-37(22-23-38-31-11-7-10-18-45(31)53-50(38)39)49(42)40-21-19-30(28-43(40)51)48-35-15-5-3-13-33(35)47(34-14-4-6-16-36(34)48)29-20-26-46-41(27-29)32-12-8-9-17-44(32)52-46/h3-28H,1-2H3. The van der Waals surface area contributed by atoms with E-state index in [1.54, 1.807) is 0 Å². The molecule has 0 atom stereocenters. The van der Waals surface area contributed by atoms with Gasteiger partial charge in [0.05, 0.1) is 0 Å². The van der Waals surface area contributed by atoms with Gasteiger partial charge in [0, 0.05) is 51.1 Å². The van der Waals surface area contributed by atoms with Crippen molar-refractivity contribution in [1.29, 1.82) is 0 Å². The minimum Gasteiger partial charge on any atom is -0.135 e. The molecule has 2 heteroatoms. The highest BCUT2D eigenvalue weighted by molar-refractivity contribution is 7.26. The van der Waals surface area contributed by atoms with E-state index < -0.39 is 0 Å². The fourth-order valence-electron chi connectivity index (χ4n) is 9.61. The lowest BCUT2D eigenvalue weighted by Gasteiger charge is -2.23. The second-order valence-corrected chi connectivity index (χ2v) is 17.3. The Morgan fingerprint density at radius 1 is 0.340 bits per heavy atom. The molecule has 0 spiro atoms. The molecule has 0 nitrogen and oxygen atoms in total. The summed E-state index contributed by atoms with van der Waals surface area (Å²) in [6.07, 6.45) is 0. The molecule has 1 aliphatic carbocycles. The highest BCUT2D eigenvalue weighted by Gasteiger charge is 2.37. The third-order valence-electron chi connectivity index (χ3n) is 12.1. The van der Waals surface area contributed by atoms with Crippen molar-refractivity contribution in [2.75, 3.05) is 0 Å². The Hall–Kier alpha value is -5.80. The van der Waals surface area contributed by atoms with E-state index in [2.05, 4.69) is 172 Å². The first-order valence-corrected chi connectivity index (χ1v) is 20.1. The maximum Gasteiger partial charge on any atom is 0.0434 e. The summed E-state index contributed by atoms with van der Waals surface area (Å²) in [6.45, 7) is 4.82. The normalized spacial score (nSPS) is 13.6. The predicted octanol–water partition coefficient (Wildman–Crippen LogP) is 15.5. The van der Waals surface area contributed by atoms with Gasteiger partial charge in [-0.15, -0.1) is 22.7 Å². The zero-order chi connectivity index (χ0) is 35.0. The molecule has 0 N–H and O–H groups in total. The first-order valence-electron chi connectivity index (χ1n) is 18.4. The number of benzene rings is 9. The van der Waals surface area contributed by atoms with Crippen LogP contribution in [0.2, 0.25) is 0 Å². The molecule has 53 heavy (non-hydrogen) atoms. The highest BCUT2D eigenvalue weighted by Crippen LogP contribution is 2.54. The molecular weight excluding hydrogens is 677 g/mol. The second-order valence-electron chi connectivity index (χ2n) is 15.2. The Labute approximate surface area is 315 Å². The molecule has 0 saturated heterocycles. The average Bonchev–Trinajstić information content (AvgIpc) is 3.84. The lowest BCUT2D eigenvalue weighted by atomic mass is 9.80. The van der Waals surface area contributed by atoms with Gasteiger partial charge in [-0.05, 0) is 102 Å². The fourth-order valence-corrected chi connectivity index (χ4v) is 11.9. The molecule has 12 rings (SSSR count). The van der Waals surface area contributed by atoms with Crippen molar-refractivity contribution in [3.8, 4) is 33.4 Å². The number of hydrogen-bond donors (Lipinski definition) is 0. The second kappa shape index (κ2) is 10.6. The summed E-state index contributed by atoms with van der Waals surface area (Å²) in [5.41, 5.74) is 10.6. The van der Waals surface area contributed by atoms with E-state index in [0.717, 1.165) is 0 Å². The number of thiophene rings is 2. The largest absolute Gasteiger partial charge is 0.135 e. The van der Waals surface area contributed by atoms with Gasteiger partial charge in [0.2, 0.25) is 0 Å². The van der Waals surface area contributed by atoms with Crippen molar-refractivity contribution in [3.05, 3.63) is 169 Å². The number of fused-ring (bicyclic) bond motifs is 14. The molecule has 9 aromatic carbocycles. The van der Waals surface area contributed by atoms with Gasteiger partial charge in [0.25, 0.3) is 0 Å². The van der Waals surface area contributed by atoms with E-state index in [1.165, 1.54) is 117 Å². The van der Waals surface area contributed by atoms with E-state index >= 15 is 0 Å². The van der Waals surface area contributed by atoms with Crippen LogP contribution in [-0.4, -0.2) is 0 Å². The van der Waals surface area contributed by atoms with E-state index in [1.807, 2.05) is 22.7 Å². The molecule has 0 radical (unpaired) electrons. The molecule has 0 saturated carbocycles. The maximum absolute atomic E-state index is 2.51. The summed E-state index contributed by atoms with van der Waals surface area (Å²) >= 11 is 3.80. The van der Waals surface area contributed by atoms with Crippen LogP contribution in [0.15, 0.2) is 158 Å². The Morgan fingerprint density at radius 3 is 1.49 bits per heavy atom. The zero-order valence-corrected chi connectivity index (χ0v) is 31.0. The summed E-state index contributed by atoms with van der Waals surface area (Å²) in [7, 11) is 0. The van der Waals surface area contributed by atoms with Crippen molar-refractivity contribution < 1.29 is 0 Å². The summed E-state index contributed by atoms with van der Waals surface area (Å²) in [5, 5.41) is 13.3.